The Morgan fingerprint density at radius 1 is 1.28 bits per heavy atom. The number of aryl methyl sites for hydroxylation is 1. The van der Waals surface area contributed by atoms with Gasteiger partial charge in [0.2, 0.25) is 0 Å². The number of rotatable bonds is 4. The van der Waals surface area contributed by atoms with Gasteiger partial charge in [0, 0.05) is 32.9 Å². The lowest BCUT2D eigenvalue weighted by molar-refractivity contribution is 0.00701. The fourth-order valence-corrected chi connectivity index (χ4v) is 3.05. The minimum Gasteiger partial charge on any atom is -0.444 e. The number of guanidine groups is 1. The van der Waals surface area contributed by atoms with Crippen LogP contribution in [-0.2, 0) is 11.3 Å². The van der Waals surface area contributed by atoms with E-state index in [9.17, 15) is 4.79 Å². The number of aliphatic imine (C=N–C) groups is 1. The number of carbonyl (C=O) groups is 1. The molecule has 8 nitrogen and oxygen atoms in total. The standard InChI is InChI=1S/C21H30N6O2/c1-15-10-11-27(25-15)18-9-7-6-8-16(18)12-23-19(22-5)24-17-13-26(14-17)20(28)29-21(2,3)4/h6-11,17H,12-14H2,1-5H3,(H2,22,23,24). The highest BCUT2D eigenvalue weighted by molar-refractivity contribution is 5.80. The minimum atomic E-state index is -0.478. The van der Waals surface area contributed by atoms with Gasteiger partial charge in [-0.15, -0.1) is 0 Å². The van der Waals surface area contributed by atoms with Gasteiger partial charge in [0.15, 0.2) is 5.96 Å². The molecule has 0 atom stereocenters. The van der Waals surface area contributed by atoms with Crippen molar-refractivity contribution >= 4 is 12.1 Å². The number of nitrogens with zero attached hydrogens (tertiary/aromatic N) is 4. The normalized spacial score (nSPS) is 15.1. The Morgan fingerprint density at radius 2 is 2.00 bits per heavy atom. The van der Waals surface area contributed by atoms with E-state index in [1.807, 2.05) is 62.8 Å². The smallest absolute Gasteiger partial charge is 0.410 e. The van der Waals surface area contributed by atoms with Gasteiger partial charge in [-0.3, -0.25) is 4.99 Å². The summed E-state index contributed by atoms with van der Waals surface area (Å²) >= 11 is 0. The second-order valence-electron chi connectivity index (χ2n) is 8.18. The highest BCUT2D eigenvalue weighted by Gasteiger charge is 2.34. The van der Waals surface area contributed by atoms with Crippen molar-refractivity contribution in [3.05, 3.63) is 47.8 Å². The zero-order valence-corrected chi connectivity index (χ0v) is 17.8. The van der Waals surface area contributed by atoms with Crippen molar-refractivity contribution in [1.82, 2.24) is 25.3 Å². The van der Waals surface area contributed by atoms with E-state index in [-0.39, 0.29) is 12.1 Å². The van der Waals surface area contributed by atoms with E-state index in [2.05, 4.69) is 26.8 Å². The number of carbonyl (C=O) groups excluding carboxylic acids is 1. The fraction of sp³-hybridized carbons (Fsp3) is 0.476. The molecule has 8 heteroatoms. The van der Waals surface area contributed by atoms with Gasteiger partial charge >= 0.3 is 6.09 Å². The van der Waals surface area contributed by atoms with Crippen LogP contribution in [0.5, 0.6) is 0 Å². The number of nitrogens with one attached hydrogen (secondary N) is 2. The van der Waals surface area contributed by atoms with Crippen molar-refractivity contribution in [2.45, 2.75) is 45.9 Å². The van der Waals surface area contributed by atoms with Crippen LogP contribution in [0.2, 0.25) is 0 Å². The first-order valence-electron chi connectivity index (χ1n) is 9.81. The molecule has 1 saturated heterocycles. The lowest BCUT2D eigenvalue weighted by atomic mass is 10.1. The van der Waals surface area contributed by atoms with Crippen molar-refractivity contribution in [2.24, 2.45) is 4.99 Å². The molecule has 0 unspecified atom stereocenters. The summed E-state index contributed by atoms with van der Waals surface area (Å²) in [7, 11) is 1.74. The lowest BCUT2D eigenvalue weighted by Crippen LogP contribution is -2.63. The molecule has 1 aliphatic heterocycles. The summed E-state index contributed by atoms with van der Waals surface area (Å²) in [5.41, 5.74) is 2.64. The largest absolute Gasteiger partial charge is 0.444 e. The second kappa shape index (κ2) is 8.55. The van der Waals surface area contributed by atoms with Crippen LogP contribution >= 0.6 is 0 Å². The van der Waals surface area contributed by atoms with E-state index in [1.165, 1.54) is 0 Å². The summed E-state index contributed by atoms with van der Waals surface area (Å²) < 4.78 is 7.27. The third-order valence-corrected chi connectivity index (χ3v) is 4.50. The average molecular weight is 399 g/mol. The molecular formula is C21H30N6O2. The van der Waals surface area contributed by atoms with Crippen LogP contribution in [0.1, 0.15) is 32.0 Å². The van der Waals surface area contributed by atoms with Crippen molar-refractivity contribution in [2.75, 3.05) is 20.1 Å². The fourth-order valence-electron chi connectivity index (χ4n) is 3.05. The van der Waals surface area contributed by atoms with Crippen LogP contribution in [-0.4, -0.2) is 58.5 Å². The van der Waals surface area contributed by atoms with Gasteiger partial charge in [0.25, 0.3) is 0 Å². The van der Waals surface area contributed by atoms with E-state index in [4.69, 9.17) is 4.74 Å². The molecule has 2 aromatic rings. The topological polar surface area (TPSA) is 83.8 Å². The summed E-state index contributed by atoms with van der Waals surface area (Å²) in [5, 5.41) is 11.2. The van der Waals surface area contributed by atoms with Crippen LogP contribution < -0.4 is 10.6 Å². The van der Waals surface area contributed by atoms with Crippen LogP contribution in [0.3, 0.4) is 0 Å². The summed E-state index contributed by atoms with van der Waals surface area (Å²) in [6.07, 6.45) is 1.68. The number of para-hydroxylation sites is 1. The van der Waals surface area contributed by atoms with Crippen molar-refractivity contribution in [3.8, 4) is 5.69 Å². The summed E-state index contributed by atoms with van der Waals surface area (Å²) in [5.74, 6) is 0.699. The second-order valence-corrected chi connectivity index (χ2v) is 8.18. The summed E-state index contributed by atoms with van der Waals surface area (Å²) in [6, 6.07) is 10.3. The predicted octanol–water partition coefficient (Wildman–Crippen LogP) is 2.47. The van der Waals surface area contributed by atoms with Gasteiger partial charge in [-0.05, 0) is 45.4 Å². The van der Waals surface area contributed by atoms with Gasteiger partial charge in [0.05, 0.1) is 17.4 Å². The molecule has 2 heterocycles. The summed E-state index contributed by atoms with van der Waals surface area (Å²) in [4.78, 5) is 18.0. The van der Waals surface area contributed by atoms with E-state index in [0.717, 1.165) is 16.9 Å². The van der Waals surface area contributed by atoms with Gasteiger partial charge in [-0.2, -0.15) is 5.10 Å². The monoisotopic (exact) mass is 398 g/mol. The van der Waals surface area contributed by atoms with E-state index in [1.54, 1.807) is 11.9 Å². The zero-order chi connectivity index (χ0) is 21.0. The quantitative estimate of drug-likeness (QED) is 0.611. The van der Waals surface area contributed by atoms with Gasteiger partial charge in [-0.25, -0.2) is 9.48 Å². The van der Waals surface area contributed by atoms with E-state index in [0.29, 0.717) is 25.6 Å². The Bertz CT molecular complexity index is 877. The predicted molar refractivity (Wildman–Crippen MR) is 113 cm³/mol. The number of ether oxygens (including phenoxy) is 1. The summed E-state index contributed by atoms with van der Waals surface area (Å²) in [6.45, 7) is 9.38. The SMILES string of the molecule is CN=C(NCc1ccccc1-n1ccc(C)n1)NC1CN(C(=O)OC(C)(C)C)C1. The lowest BCUT2D eigenvalue weighted by Gasteiger charge is -2.40. The molecule has 2 N–H and O–H groups in total. The number of amides is 1. The van der Waals surface area contributed by atoms with Gasteiger partial charge < -0.3 is 20.3 Å². The Morgan fingerprint density at radius 3 is 2.62 bits per heavy atom. The Hall–Kier alpha value is -3.03. The Kier molecular flexibility index (Phi) is 6.10. The molecule has 0 bridgehead atoms. The molecular weight excluding hydrogens is 368 g/mol. The highest BCUT2D eigenvalue weighted by atomic mass is 16.6. The van der Waals surface area contributed by atoms with Crippen LogP contribution in [0.4, 0.5) is 4.79 Å². The van der Waals surface area contributed by atoms with Crippen molar-refractivity contribution in [1.29, 1.82) is 0 Å². The molecule has 0 aliphatic carbocycles. The Labute approximate surface area is 171 Å². The molecule has 3 rings (SSSR count). The third kappa shape index (κ3) is 5.49. The first-order chi connectivity index (χ1) is 13.7. The first-order valence-corrected chi connectivity index (χ1v) is 9.81. The maximum absolute atomic E-state index is 12.0. The highest BCUT2D eigenvalue weighted by Crippen LogP contribution is 2.16. The maximum Gasteiger partial charge on any atom is 0.410 e. The molecule has 1 aromatic heterocycles. The molecule has 29 heavy (non-hydrogen) atoms. The Balaban J connectivity index is 1.52. The van der Waals surface area contributed by atoms with Gasteiger partial charge in [-0.1, -0.05) is 18.2 Å². The van der Waals surface area contributed by atoms with Crippen LogP contribution in [0.25, 0.3) is 5.69 Å². The van der Waals surface area contributed by atoms with Crippen molar-refractivity contribution in [3.63, 3.8) is 0 Å². The molecule has 1 amide bonds. The molecule has 0 radical (unpaired) electrons. The van der Waals surface area contributed by atoms with E-state index >= 15 is 0 Å². The average Bonchev–Trinajstić information content (AvgIpc) is 3.05. The molecule has 1 fully saturated rings. The molecule has 1 aliphatic rings. The molecule has 156 valence electrons. The minimum absolute atomic E-state index is 0.151. The maximum atomic E-state index is 12.0. The molecule has 0 saturated carbocycles. The molecule has 0 spiro atoms. The number of hydrogen-bond acceptors (Lipinski definition) is 4. The first kappa shape index (κ1) is 20.7. The number of hydrogen-bond donors (Lipinski definition) is 2. The van der Waals surface area contributed by atoms with Crippen molar-refractivity contribution < 1.29 is 9.53 Å². The number of benzene rings is 1. The zero-order valence-electron chi connectivity index (χ0n) is 17.8. The number of aromatic nitrogens is 2. The van der Waals surface area contributed by atoms with E-state index < -0.39 is 5.60 Å². The van der Waals surface area contributed by atoms with Crippen LogP contribution in [0, 0.1) is 6.92 Å². The third-order valence-electron chi connectivity index (χ3n) is 4.50. The number of likely N-dealkylation sites (tertiary alicyclic amines) is 1. The van der Waals surface area contributed by atoms with Crippen LogP contribution in [0.15, 0.2) is 41.5 Å². The molecule has 1 aromatic carbocycles. The van der Waals surface area contributed by atoms with Gasteiger partial charge in [0.1, 0.15) is 5.60 Å².